The van der Waals surface area contributed by atoms with Crippen molar-refractivity contribution in [1.82, 2.24) is 29.2 Å². The van der Waals surface area contributed by atoms with Gasteiger partial charge in [-0.2, -0.15) is 18.2 Å². The first-order valence-electron chi connectivity index (χ1n) is 10.1. The number of hydrogen-bond acceptors (Lipinski definition) is 7. The summed E-state index contributed by atoms with van der Waals surface area (Å²) in [6.45, 7) is 6.67. The molecule has 0 unspecified atom stereocenters. The lowest BCUT2D eigenvalue weighted by Gasteiger charge is -2.26. The van der Waals surface area contributed by atoms with Gasteiger partial charge < -0.3 is 4.52 Å². The molecule has 4 aromatic rings. The lowest BCUT2D eigenvalue weighted by molar-refractivity contribution is -0.159. The SMILES string of the molecule is Cc1cc(=O)n(C(c2ccc(-c3noc(C(F)(F)F)n3)cc2)n2c(C)nc(C)cc2=O)c(C)n1. The Labute approximate surface area is 190 Å². The number of halogens is 3. The molecule has 0 N–H and O–H groups in total. The van der Waals surface area contributed by atoms with Crippen molar-refractivity contribution in [2.45, 2.75) is 40.0 Å². The quantitative estimate of drug-likeness (QED) is 0.449. The van der Waals surface area contributed by atoms with Crippen LogP contribution in [0.3, 0.4) is 0 Å². The average Bonchev–Trinajstić information content (AvgIpc) is 3.22. The molecule has 0 aliphatic carbocycles. The van der Waals surface area contributed by atoms with E-state index in [1.54, 1.807) is 39.8 Å². The van der Waals surface area contributed by atoms with Gasteiger partial charge in [0.25, 0.3) is 11.1 Å². The Morgan fingerprint density at radius 3 is 1.74 bits per heavy atom. The van der Waals surface area contributed by atoms with Crippen LogP contribution in [0.25, 0.3) is 11.4 Å². The van der Waals surface area contributed by atoms with Crippen molar-refractivity contribution >= 4 is 0 Å². The fraction of sp³-hybridized carbons (Fsp3) is 0.273. The first kappa shape index (κ1) is 23.1. The third-order valence-corrected chi connectivity index (χ3v) is 5.14. The van der Waals surface area contributed by atoms with E-state index in [4.69, 9.17) is 0 Å². The number of alkyl halides is 3. The largest absolute Gasteiger partial charge is 0.471 e. The van der Waals surface area contributed by atoms with Crippen LogP contribution in [0.1, 0.15) is 40.7 Å². The summed E-state index contributed by atoms with van der Waals surface area (Å²) < 4.78 is 45.4. The monoisotopic (exact) mass is 472 g/mol. The minimum Gasteiger partial charge on any atom is -0.329 e. The lowest BCUT2D eigenvalue weighted by Crippen LogP contribution is -2.38. The Balaban J connectivity index is 1.88. The molecule has 1 aromatic carbocycles. The molecule has 176 valence electrons. The van der Waals surface area contributed by atoms with Gasteiger partial charge in [-0.3, -0.25) is 18.7 Å². The maximum absolute atomic E-state index is 13.0. The smallest absolute Gasteiger partial charge is 0.329 e. The fourth-order valence-corrected chi connectivity index (χ4v) is 3.77. The van der Waals surface area contributed by atoms with Crippen molar-refractivity contribution in [3.05, 3.63) is 91.6 Å². The number of aryl methyl sites for hydroxylation is 4. The number of aromatic nitrogens is 6. The summed E-state index contributed by atoms with van der Waals surface area (Å²) in [6.07, 6.45) is -5.70. The highest BCUT2D eigenvalue weighted by molar-refractivity contribution is 5.55. The number of benzene rings is 1. The Bertz CT molecular complexity index is 1420. The second-order valence-corrected chi connectivity index (χ2v) is 7.72. The van der Waals surface area contributed by atoms with Crippen molar-refractivity contribution < 1.29 is 17.7 Å². The molecule has 34 heavy (non-hydrogen) atoms. The van der Waals surface area contributed by atoms with Gasteiger partial charge in [0, 0.05) is 29.1 Å². The van der Waals surface area contributed by atoms with Crippen molar-refractivity contribution in [1.29, 1.82) is 0 Å². The van der Waals surface area contributed by atoms with E-state index in [0.29, 0.717) is 28.6 Å². The second-order valence-electron chi connectivity index (χ2n) is 7.72. The van der Waals surface area contributed by atoms with Crippen molar-refractivity contribution in [3.63, 3.8) is 0 Å². The molecule has 3 aromatic heterocycles. The van der Waals surface area contributed by atoms with Crippen LogP contribution in [0.4, 0.5) is 13.2 Å². The second kappa shape index (κ2) is 8.36. The van der Waals surface area contributed by atoms with Gasteiger partial charge >= 0.3 is 12.1 Å². The minimum absolute atomic E-state index is 0.244. The number of hydrogen-bond donors (Lipinski definition) is 0. The van der Waals surface area contributed by atoms with Gasteiger partial charge in [-0.1, -0.05) is 29.4 Å². The summed E-state index contributed by atoms with van der Waals surface area (Å²) in [7, 11) is 0. The summed E-state index contributed by atoms with van der Waals surface area (Å²) in [5.41, 5.74) is 1.06. The van der Waals surface area contributed by atoms with E-state index in [-0.39, 0.29) is 22.5 Å². The molecule has 0 aliphatic heterocycles. The van der Waals surface area contributed by atoms with Crippen LogP contribution >= 0.6 is 0 Å². The molecular weight excluding hydrogens is 453 g/mol. The average molecular weight is 472 g/mol. The minimum atomic E-state index is -4.76. The number of rotatable bonds is 4. The van der Waals surface area contributed by atoms with Gasteiger partial charge in [-0.05, 0) is 33.3 Å². The van der Waals surface area contributed by atoms with Gasteiger partial charge in [-0.15, -0.1) is 0 Å². The van der Waals surface area contributed by atoms with Crippen LogP contribution in [0.2, 0.25) is 0 Å². The number of nitrogens with zero attached hydrogens (tertiary/aromatic N) is 6. The molecule has 9 nitrogen and oxygen atoms in total. The molecule has 0 atom stereocenters. The van der Waals surface area contributed by atoms with E-state index < -0.39 is 18.2 Å². The first-order chi connectivity index (χ1) is 16.0. The Hall–Kier alpha value is -4.09. The zero-order valence-electron chi connectivity index (χ0n) is 18.6. The molecule has 3 heterocycles. The fourth-order valence-electron chi connectivity index (χ4n) is 3.77. The molecule has 0 radical (unpaired) electrons. The van der Waals surface area contributed by atoms with E-state index in [2.05, 4.69) is 24.6 Å². The maximum atomic E-state index is 13.0. The summed E-state index contributed by atoms with van der Waals surface area (Å²) in [5.74, 6) is -0.950. The highest BCUT2D eigenvalue weighted by atomic mass is 19.4. The zero-order chi connectivity index (χ0) is 24.8. The topological polar surface area (TPSA) is 109 Å². The lowest BCUT2D eigenvalue weighted by atomic mass is 10.1. The van der Waals surface area contributed by atoms with Crippen molar-refractivity contribution in [3.8, 4) is 11.4 Å². The maximum Gasteiger partial charge on any atom is 0.471 e. The molecule has 0 fully saturated rings. The third-order valence-electron chi connectivity index (χ3n) is 5.14. The van der Waals surface area contributed by atoms with Crippen LogP contribution in [0.15, 0.2) is 50.5 Å². The first-order valence-corrected chi connectivity index (χ1v) is 10.1. The molecule has 0 aliphatic rings. The highest BCUT2D eigenvalue weighted by Gasteiger charge is 2.38. The molecule has 4 rings (SSSR count). The van der Waals surface area contributed by atoms with E-state index >= 15 is 0 Å². The molecule has 0 spiro atoms. The van der Waals surface area contributed by atoms with Gasteiger partial charge in [0.15, 0.2) is 0 Å². The van der Waals surface area contributed by atoms with Crippen LogP contribution in [-0.2, 0) is 6.18 Å². The Morgan fingerprint density at radius 2 is 1.32 bits per heavy atom. The van der Waals surface area contributed by atoms with E-state index in [1.807, 2.05) is 0 Å². The van der Waals surface area contributed by atoms with Crippen LogP contribution in [-0.4, -0.2) is 29.2 Å². The van der Waals surface area contributed by atoms with E-state index in [0.717, 1.165) is 0 Å². The van der Waals surface area contributed by atoms with Gasteiger partial charge in [-0.25, -0.2) is 9.97 Å². The Morgan fingerprint density at radius 1 is 0.824 bits per heavy atom. The summed E-state index contributed by atoms with van der Waals surface area (Å²) in [6, 6.07) is 8.82. The summed E-state index contributed by atoms with van der Waals surface area (Å²) in [4.78, 5) is 38.1. The normalized spacial score (nSPS) is 11.9. The van der Waals surface area contributed by atoms with Crippen LogP contribution in [0, 0.1) is 27.7 Å². The molecule has 12 heteroatoms. The van der Waals surface area contributed by atoms with E-state index in [9.17, 15) is 22.8 Å². The molecule has 0 amide bonds. The predicted molar refractivity (Wildman–Crippen MR) is 114 cm³/mol. The van der Waals surface area contributed by atoms with Crippen molar-refractivity contribution in [2.24, 2.45) is 0 Å². The van der Waals surface area contributed by atoms with Crippen LogP contribution < -0.4 is 11.1 Å². The van der Waals surface area contributed by atoms with Gasteiger partial charge in [0.05, 0.1) is 0 Å². The predicted octanol–water partition coefficient (Wildman–Crippen LogP) is 3.20. The molecular formula is C22H19F3N6O3. The van der Waals surface area contributed by atoms with Crippen molar-refractivity contribution in [2.75, 3.05) is 0 Å². The summed E-state index contributed by atoms with van der Waals surface area (Å²) >= 11 is 0. The highest BCUT2D eigenvalue weighted by Crippen LogP contribution is 2.30. The Kier molecular flexibility index (Phi) is 5.67. The van der Waals surface area contributed by atoms with E-state index in [1.165, 1.54) is 33.4 Å². The van der Waals surface area contributed by atoms with Gasteiger partial charge in [0.2, 0.25) is 5.82 Å². The standard InChI is InChI=1S/C22H19F3N6O3/c1-11-9-17(32)30(13(3)26-11)20(31-14(4)27-12(2)10-18(31)33)16-7-5-15(6-8-16)19-28-21(34-29-19)22(23,24)25/h5-10,20H,1-4H3. The summed E-state index contributed by atoms with van der Waals surface area (Å²) in [5, 5.41) is 3.38. The third kappa shape index (κ3) is 4.26. The van der Waals surface area contributed by atoms with Crippen LogP contribution in [0.5, 0.6) is 0 Å². The van der Waals surface area contributed by atoms with Gasteiger partial charge in [0.1, 0.15) is 17.8 Å². The zero-order valence-corrected chi connectivity index (χ0v) is 18.6. The molecule has 0 bridgehead atoms. The molecule has 0 saturated heterocycles. The molecule has 0 saturated carbocycles.